The van der Waals surface area contributed by atoms with Gasteiger partial charge in [-0.3, -0.25) is 0 Å². The minimum Gasteiger partial charge on any atom is -0.397 e. The van der Waals surface area contributed by atoms with E-state index in [4.69, 9.17) is 21.4 Å². The molecule has 0 aliphatic carbocycles. The Morgan fingerprint density at radius 2 is 1.89 bits per heavy atom. The first-order chi connectivity index (χ1) is 18.0. The average molecular weight is 496 g/mol. The molecule has 0 spiro atoms. The standard InChI is InChI=1S/C28H33N9/c1-17(2)22-16-32-37-26(22)34-28(36-12-10-20(29)11-13-36)35-27(37)31-15-19-6-3-4-8-21(19)24-14-18-7-5-9-23(30)25(18)33-24/h3-9,14,16-17,20,33H,10-13,15,29-30H2,1-2H3,(H,31,34,35). The molecule has 1 aliphatic heterocycles. The number of aromatic amines is 1. The van der Waals surface area contributed by atoms with Gasteiger partial charge in [-0.05, 0) is 36.5 Å². The molecule has 0 saturated carbocycles. The Balaban J connectivity index is 1.35. The molecule has 1 fully saturated rings. The van der Waals surface area contributed by atoms with Gasteiger partial charge >= 0.3 is 0 Å². The molecule has 1 saturated heterocycles. The van der Waals surface area contributed by atoms with Crippen LogP contribution in [-0.4, -0.2) is 43.7 Å². The topological polar surface area (TPSA) is 126 Å². The molecule has 190 valence electrons. The molecule has 4 heterocycles. The van der Waals surface area contributed by atoms with Crippen LogP contribution in [-0.2, 0) is 6.54 Å². The molecule has 9 nitrogen and oxygen atoms in total. The van der Waals surface area contributed by atoms with Gasteiger partial charge in [0.25, 0.3) is 0 Å². The summed E-state index contributed by atoms with van der Waals surface area (Å²) in [5.74, 6) is 1.71. The molecule has 37 heavy (non-hydrogen) atoms. The van der Waals surface area contributed by atoms with Gasteiger partial charge in [0.2, 0.25) is 11.9 Å². The SMILES string of the molecule is CC(C)c1cnn2c(NCc3ccccc3-c3cc4cccc(N)c4[nH]3)nc(N3CCC(N)CC3)nc12. The van der Waals surface area contributed by atoms with E-state index < -0.39 is 0 Å². The highest BCUT2D eigenvalue weighted by atomic mass is 15.4. The normalized spacial score (nSPS) is 14.8. The smallest absolute Gasteiger partial charge is 0.230 e. The van der Waals surface area contributed by atoms with Gasteiger partial charge in [0.15, 0.2) is 5.65 Å². The summed E-state index contributed by atoms with van der Waals surface area (Å²) in [5.41, 5.74) is 19.3. The highest BCUT2D eigenvalue weighted by molar-refractivity contribution is 5.94. The molecule has 5 aromatic rings. The van der Waals surface area contributed by atoms with Crippen molar-refractivity contribution < 1.29 is 0 Å². The Morgan fingerprint density at radius 3 is 2.68 bits per heavy atom. The van der Waals surface area contributed by atoms with E-state index in [1.807, 2.05) is 22.8 Å². The Morgan fingerprint density at radius 1 is 1.08 bits per heavy atom. The Kier molecular flexibility index (Phi) is 5.92. The van der Waals surface area contributed by atoms with Crippen LogP contribution in [0, 0.1) is 0 Å². The second-order valence-electron chi connectivity index (χ2n) is 10.2. The van der Waals surface area contributed by atoms with Crippen LogP contribution in [0.5, 0.6) is 0 Å². The van der Waals surface area contributed by atoms with Crippen molar-refractivity contribution in [3.8, 4) is 11.3 Å². The molecular weight excluding hydrogens is 462 g/mol. The molecule has 0 amide bonds. The number of benzene rings is 2. The van der Waals surface area contributed by atoms with Crippen LogP contribution in [0.2, 0.25) is 0 Å². The zero-order valence-electron chi connectivity index (χ0n) is 21.3. The van der Waals surface area contributed by atoms with Crippen LogP contribution < -0.4 is 21.7 Å². The summed E-state index contributed by atoms with van der Waals surface area (Å²) in [6.45, 7) is 6.61. The van der Waals surface area contributed by atoms with Gasteiger partial charge in [-0.2, -0.15) is 19.6 Å². The summed E-state index contributed by atoms with van der Waals surface area (Å²) in [6, 6.07) is 16.7. The van der Waals surface area contributed by atoms with Crippen LogP contribution in [0.4, 0.5) is 17.6 Å². The minimum atomic E-state index is 0.246. The highest BCUT2D eigenvalue weighted by Crippen LogP contribution is 2.30. The van der Waals surface area contributed by atoms with Crippen molar-refractivity contribution in [3.63, 3.8) is 0 Å². The zero-order valence-corrected chi connectivity index (χ0v) is 21.3. The number of anilines is 3. The molecule has 2 aromatic carbocycles. The van der Waals surface area contributed by atoms with E-state index in [1.165, 1.54) is 0 Å². The molecule has 0 atom stereocenters. The van der Waals surface area contributed by atoms with Crippen molar-refractivity contribution in [2.75, 3.05) is 29.0 Å². The average Bonchev–Trinajstić information content (AvgIpc) is 3.53. The van der Waals surface area contributed by atoms with E-state index in [9.17, 15) is 0 Å². The Hall–Kier alpha value is -4.11. The van der Waals surface area contributed by atoms with Crippen molar-refractivity contribution in [1.29, 1.82) is 0 Å². The lowest BCUT2D eigenvalue weighted by Crippen LogP contribution is -2.40. The number of aromatic nitrogens is 5. The predicted octanol–water partition coefficient (Wildman–Crippen LogP) is 4.52. The van der Waals surface area contributed by atoms with Crippen LogP contribution in [0.25, 0.3) is 27.8 Å². The summed E-state index contributed by atoms with van der Waals surface area (Å²) in [7, 11) is 0. The molecule has 6 N–H and O–H groups in total. The van der Waals surface area contributed by atoms with Crippen LogP contribution >= 0.6 is 0 Å². The highest BCUT2D eigenvalue weighted by Gasteiger charge is 2.22. The first kappa shape index (κ1) is 23.3. The maximum atomic E-state index is 6.20. The number of para-hydroxylation sites is 1. The van der Waals surface area contributed by atoms with E-state index in [0.717, 1.165) is 76.5 Å². The van der Waals surface area contributed by atoms with Crippen molar-refractivity contribution >= 4 is 34.1 Å². The zero-order chi connectivity index (χ0) is 25.5. The van der Waals surface area contributed by atoms with Crippen LogP contribution in [0.3, 0.4) is 0 Å². The van der Waals surface area contributed by atoms with E-state index >= 15 is 0 Å². The third-order valence-corrected chi connectivity index (χ3v) is 7.26. The largest absolute Gasteiger partial charge is 0.397 e. The predicted molar refractivity (Wildman–Crippen MR) is 150 cm³/mol. The lowest BCUT2D eigenvalue weighted by molar-refractivity contribution is 0.495. The third-order valence-electron chi connectivity index (χ3n) is 7.26. The lowest BCUT2D eigenvalue weighted by Gasteiger charge is -2.30. The van der Waals surface area contributed by atoms with Crippen molar-refractivity contribution in [2.45, 2.75) is 45.2 Å². The van der Waals surface area contributed by atoms with Crippen molar-refractivity contribution in [3.05, 3.63) is 65.9 Å². The molecule has 6 rings (SSSR count). The summed E-state index contributed by atoms with van der Waals surface area (Å²) in [6.07, 6.45) is 3.78. The number of nitrogens with one attached hydrogen (secondary N) is 2. The van der Waals surface area contributed by atoms with Crippen LogP contribution in [0.1, 0.15) is 43.7 Å². The van der Waals surface area contributed by atoms with Crippen LogP contribution in [0.15, 0.2) is 54.7 Å². The van der Waals surface area contributed by atoms with E-state index in [2.05, 4.69) is 70.5 Å². The van der Waals surface area contributed by atoms with Crippen molar-refractivity contribution in [2.24, 2.45) is 5.73 Å². The fourth-order valence-corrected chi connectivity index (χ4v) is 5.08. The number of nitrogens with two attached hydrogens (primary N) is 2. The second kappa shape index (κ2) is 9.40. The second-order valence-corrected chi connectivity index (χ2v) is 10.2. The fourth-order valence-electron chi connectivity index (χ4n) is 5.08. The van der Waals surface area contributed by atoms with Gasteiger partial charge in [0.1, 0.15) is 0 Å². The van der Waals surface area contributed by atoms with E-state index in [-0.39, 0.29) is 6.04 Å². The molecular formula is C28H33N9. The van der Waals surface area contributed by atoms with Gasteiger partial charge in [0, 0.05) is 47.9 Å². The molecule has 9 heteroatoms. The number of hydrogen-bond donors (Lipinski definition) is 4. The summed E-state index contributed by atoms with van der Waals surface area (Å²) in [5, 5.41) is 9.30. The Labute approximate surface area is 215 Å². The van der Waals surface area contributed by atoms with Gasteiger partial charge < -0.3 is 26.7 Å². The lowest BCUT2D eigenvalue weighted by atomic mass is 10.0. The number of hydrogen-bond acceptors (Lipinski definition) is 7. The van der Waals surface area contributed by atoms with Gasteiger partial charge in [0.05, 0.1) is 17.4 Å². The van der Waals surface area contributed by atoms with Gasteiger partial charge in [-0.1, -0.05) is 50.2 Å². The number of nitrogen functional groups attached to an aromatic ring is 1. The molecule has 1 aliphatic rings. The first-order valence-corrected chi connectivity index (χ1v) is 12.9. The molecule has 3 aromatic heterocycles. The van der Waals surface area contributed by atoms with Gasteiger partial charge in [-0.15, -0.1) is 0 Å². The summed E-state index contributed by atoms with van der Waals surface area (Å²) in [4.78, 5) is 15.6. The number of rotatable bonds is 6. The summed E-state index contributed by atoms with van der Waals surface area (Å²) < 4.78 is 1.82. The quantitative estimate of drug-likeness (QED) is 0.255. The third kappa shape index (κ3) is 4.35. The Bertz CT molecular complexity index is 1560. The fraction of sp³-hybridized carbons (Fsp3) is 0.321. The maximum Gasteiger partial charge on any atom is 0.230 e. The number of fused-ring (bicyclic) bond motifs is 2. The molecule has 0 bridgehead atoms. The molecule has 0 radical (unpaired) electrons. The monoisotopic (exact) mass is 495 g/mol. The first-order valence-electron chi connectivity index (χ1n) is 12.9. The van der Waals surface area contributed by atoms with E-state index in [0.29, 0.717) is 18.4 Å². The number of nitrogens with zero attached hydrogens (tertiary/aromatic N) is 5. The number of piperidine rings is 1. The maximum absolute atomic E-state index is 6.20. The minimum absolute atomic E-state index is 0.246. The summed E-state index contributed by atoms with van der Waals surface area (Å²) >= 11 is 0. The molecule has 0 unspecified atom stereocenters. The van der Waals surface area contributed by atoms with Gasteiger partial charge in [-0.25, -0.2) is 0 Å². The van der Waals surface area contributed by atoms with Crippen molar-refractivity contribution in [1.82, 2.24) is 24.6 Å². The van der Waals surface area contributed by atoms with E-state index in [1.54, 1.807) is 0 Å². The number of H-pyrrole nitrogens is 1.